The van der Waals surface area contributed by atoms with Crippen LogP contribution in [0.5, 0.6) is 0 Å². The van der Waals surface area contributed by atoms with Crippen LogP contribution in [0, 0.1) is 5.41 Å². The molecule has 120 valence electrons. The highest BCUT2D eigenvalue weighted by Gasteiger charge is 2.44. The molecule has 0 amide bonds. The predicted molar refractivity (Wildman–Crippen MR) is 82.9 cm³/mol. The Morgan fingerprint density at radius 1 is 1.00 bits per heavy atom. The van der Waals surface area contributed by atoms with E-state index in [1.807, 2.05) is 13.8 Å². The van der Waals surface area contributed by atoms with Crippen LogP contribution in [0.15, 0.2) is 0 Å². The van der Waals surface area contributed by atoms with E-state index in [9.17, 15) is 13.5 Å². The van der Waals surface area contributed by atoms with E-state index in [-0.39, 0.29) is 11.5 Å². The molecule has 0 bridgehead atoms. The van der Waals surface area contributed by atoms with Gasteiger partial charge in [0.1, 0.15) is 0 Å². The average molecular weight is 305 g/mol. The maximum Gasteiger partial charge on any atom is 0.243 e. The Labute approximate surface area is 124 Å². The first-order valence-corrected chi connectivity index (χ1v) is 9.16. The molecule has 1 aliphatic rings. The van der Waals surface area contributed by atoms with Gasteiger partial charge in [0.2, 0.25) is 10.0 Å². The van der Waals surface area contributed by atoms with Crippen molar-refractivity contribution in [3.8, 4) is 0 Å². The first-order valence-electron chi connectivity index (χ1n) is 7.72. The van der Waals surface area contributed by atoms with Gasteiger partial charge in [-0.3, -0.25) is 0 Å². The molecule has 20 heavy (non-hydrogen) atoms. The molecule has 0 spiro atoms. The molecule has 0 aromatic heterocycles. The third-order valence-electron chi connectivity index (χ3n) is 4.68. The molecule has 1 N–H and O–H groups in total. The summed E-state index contributed by atoms with van der Waals surface area (Å²) in [6, 6.07) is -0.131. The molecule has 0 heterocycles. The van der Waals surface area contributed by atoms with Crippen molar-refractivity contribution in [1.29, 1.82) is 0 Å². The van der Waals surface area contributed by atoms with Crippen molar-refractivity contribution in [1.82, 2.24) is 4.31 Å². The van der Waals surface area contributed by atoms with E-state index in [0.29, 0.717) is 12.8 Å². The molecule has 1 fully saturated rings. The van der Waals surface area contributed by atoms with Gasteiger partial charge in [0.15, 0.2) is 4.93 Å². The van der Waals surface area contributed by atoms with E-state index in [1.165, 1.54) is 4.31 Å². The van der Waals surface area contributed by atoms with E-state index in [2.05, 4.69) is 13.8 Å². The van der Waals surface area contributed by atoms with Gasteiger partial charge in [-0.2, -0.15) is 4.31 Å². The summed E-state index contributed by atoms with van der Waals surface area (Å²) < 4.78 is 26.6. The zero-order chi connectivity index (χ0) is 15.6. The van der Waals surface area contributed by atoms with Gasteiger partial charge < -0.3 is 5.11 Å². The number of hydrogen-bond donors (Lipinski definition) is 1. The second-order valence-corrected chi connectivity index (χ2v) is 9.57. The Morgan fingerprint density at radius 3 is 2.00 bits per heavy atom. The van der Waals surface area contributed by atoms with Gasteiger partial charge in [-0.25, -0.2) is 8.42 Å². The molecule has 0 aromatic rings. The molecule has 5 heteroatoms. The molecule has 1 aliphatic carbocycles. The second kappa shape index (κ2) is 6.32. The second-order valence-electron chi connectivity index (χ2n) is 7.29. The first kappa shape index (κ1) is 17.9. The van der Waals surface area contributed by atoms with Crippen LogP contribution in [-0.2, 0) is 10.0 Å². The minimum Gasteiger partial charge on any atom is -0.373 e. The summed E-state index contributed by atoms with van der Waals surface area (Å²) in [6.07, 6.45) is 5.27. The fraction of sp³-hybridized carbons (Fsp3) is 1.00. The van der Waals surface area contributed by atoms with E-state index in [4.69, 9.17) is 0 Å². The minimum absolute atomic E-state index is 0.131. The Morgan fingerprint density at radius 2 is 1.45 bits per heavy atom. The quantitative estimate of drug-likeness (QED) is 0.871. The molecule has 1 rings (SSSR count). The summed E-state index contributed by atoms with van der Waals surface area (Å²) in [7, 11) is -2.10. The van der Waals surface area contributed by atoms with Gasteiger partial charge in [-0.15, -0.1) is 0 Å². The standard InChI is InChI=1S/C15H31NO3S/c1-13(2)16(5)20(18,19)15(17)11-7-6-9-14(3,4)10-8-12-15/h13,17H,6-12H2,1-5H3. The highest BCUT2D eigenvalue weighted by molar-refractivity contribution is 7.90. The number of hydrogen-bond acceptors (Lipinski definition) is 3. The molecular formula is C15H31NO3S. The molecule has 1 unspecified atom stereocenters. The Balaban J connectivity index is 2.95. The average Bonchev–Trinajstić information content (AvgIpc) is 2.38. The van der Waals surface area contributed by atoms with Crippen LogP contribution in [0.3, 0.4) is 0 Å². The van der Waals surface area contributed by atoms with Crippen molar-refractivity contribution in [3.63, 3.8) is 0 Å². The molecule has 0 radical (unpaired) electrons. The third kappa shape index (κ3) is 3.95. The molecule has 0 aromatic carbocycles. The van der Waals surface area contributed by atoms with E-state index in [1.54, 1.807) is 7.05 Å². The summed E-state index contributed by atoms with van der Waals surface area (Å²) >= 11 is 0. The highest BCUT2D eigenvalue weighted by Crippen LogP contribution is 2.38. The van der Waals surface area contributed by atoms with Crippen LogP contribution in [0.2, 0.25) is 0 Å². The van der Waals surface area contributed by atoms with Crippen LogP contribution < -0.4 is 0 Å². The monoisotopic (exact) mass is 305 g/mol. The van der Waals surface area contributed by atoms with E-state index < -0.39 is 15.0 Å². The SMILES string of the molecule is CC(C)N(C)S(=O)(=O)C1(O)CCCCC(C)(C)CCC1. The summed E-state index contributed by atoms with van der Waals surface area (Å²) in [5, 5.41) is 10.8. The van der Waals surface area contributed by atoms with Crippen LogP contribution in [0.1, 0.15) is 72.6 Å². The van der Waals surface area contributed by atoms with Crippen LogP contribution >= 0.6 is 0 Å². The van der Waals surface area contributed by atoms with E-state index in [0.717, 1.165) is 32.1 Å². The van der Waals surface area contributed by atoms with Gasteiger partial charge in [0.05, 0.1) is 0 Å². The lowest BCUT2D eigenvalue weighted by Crippen LogP contribution is -2.49. The van der Waals surface area contributed by atoms with Crippen molar-refractivity contribution < 1.29 is 13.5 Å². The highest BCUT2D eigenvalue weighted by atomic mass is 32.2. The maximum absolute atomic E-state index is 12.7. The molecule has 0 saturated heterocycles. The predicted octanol–water partition coefficient (Wildman–Crippen LogP) is 3.12. The topological polar surface area (TPSA) is 57.6 Å². The molecule has 4 nitrogen and oxygen atoms in total. The molecular weight excluding hydrogens is 274 g/mol. The van der Waals surface area contributed by atoms with E-state index >= 15 is 0 Å². The summed E-state index contributed by atoms with van der Waals surface area (Å²) in [5.74, 6) is 0. The lowest BCUT2D eigenvalue weighted by atomic mass is 9.83. The van der Waals surface area contributed by atoms with Gasteiger partial charge >= 0.3 is 0 Å². The summed E-state index contributed by atoms with van der Waals surface area (Å²) in [6.45, 7) is 8.12. The number of aliphatic hydroxyl groups is 1. The van der Waals surface area contributed by atoms with Crippen molar-refractivity contribution in [2.75, 3.05) is 7.05 Å². The van der Waals surface area contributed by atoms with Crippen LogP contribution in [-0.4, -0.2) is 35.9 Å². The maximum atomic E-state index is 12.7. The smallest absolute Gasteiger partial charge is 0.243 e. The molecule has 1 atom stereocenters. The zero-order valence-electron chi connectivity index (χ0n) is 13.6. The fourth-order valence-corrected chi connectivity index (χ4v) is 4.80. The summed E-state index contributed by atoms with van der Waals surface area (Å²) in [5.41, 5.74) is 0.249. The fourth-order valence-electron chi connectivity index (χ4n) is 2.90. The number of nitrogens with zero attached hydrogens (tertiary/aromatic N) is 1. The van der Waals surface area contributed by atoms with Gasteiger partial charge in [0.25, 0.3) is 0 Å². The molecule has 0 aliphatic heterocycles. The van der Waals surface area contributed by atoms with Crippen molar-refractivity contribution >= 4 is 10.0 Å². The summed E-state index contributed by atoms with van der Waals surface area (Å²) in [4.78, 5) is -1.59. The van der Waals surface area contributed by atoms with Crippen molar-refractivity contribution in [3.05, 3.63) is 0 Å². The number of sulfonamides is 1. The number of rotatable bonds is 3. The molecule has 1 saturated carbocycles. The largest absolute Gasteiger partial charge is 0.373 e. The van der Waals surface area contributed by atoms with Gasteiger partial charge in [-0.05, 0) is 57.8 Å². The Bertz CT molecular complexity index is 417. The zero-order valence-corrected chi connectivity index (χ0v) is 14.5. The van der Waals surface area contributed by atoms with Crippen LogP contribution in [0.25, 0.3) is 0 Å². The normalized spacial score (nSPS) is 29.0. The van der Waals surface area contributed by atoms with Crippen molar-refractivity contribution in [2.24, 2.45) is 5.41 Å². The Hall–Kier alpha value is -0.130. The first-order chi connectivity index (χ1) is 9.02. The third-order valence-corrected chi connectivity index (χ3v) is 7.23. The minimum atomic E-state index is -3.66. The van der Waals surface area contributed by atoms with Crippen molar-refractivity contribution in [2.45, 2.75) is 83.6 Å². The lowest BCUT2D eigenvalue weighted by molar-refractivity contribution is 0.0917. The lowest BCUT2D eigenvalue weighted by Gasteiger charge is -2.34. The Kier molecular flexibility index (Phi) is 5.67. The van der Waals surface area contributed by atoms with Gasteiger partial charge in [0, 0.05) is 13.1 Å². The van der Waals surface area contributed by atoms with Crippen LogP contribution in [0.4, 0.5) is 0 Å². The van der Waals surface area contributed by atoms with Gasteiger partial charge in [-0.1, -0.05) is 20.3 Å².